The topological polar surface area (TPSA) is 89.2 Å². The number of likely N-dealkylation sites (tertiary alicyclic amines) is 1. The van der Waals surface area contributed by atoms with Gasteiger partial charge in [-0.3, -0.25) is 14.6 Å². The highest BCUT2D eigenvalue weighted by molar-refractivity contribution is 5.91. The summed E-state index contributed by atoms with van der Waals surface area (Å²) in [5, 5.41) is 3.98. The van der Waals surface area contributed by atoms with Crippen LogP contribution in [0.25, 0.3) is 11.5 Å². The molecule has 30 heavy (non-hydrogen) atoms. The van der Waals surface area contributed by atoms with E-state index in [1.807, 2.05) is 50.2 Å². The zero-order valence-corrected chi connectivity index (χ0v) is 17.1. The number of aromatic nitrogens is 3. The zero-order chi connectivity index (χ0) is 21.1. The second-order valence-electron chi connectivity index (χ2n) is 7.99. The van der Waals surface area contributed by atoms with Gasteiger partial charge in [0.25, 0.3) is 5.89 Å². The van der Waals surface area contributed by atoms with Gasteiger partial charge in [0.05, 0.1) is 0 Å². The molecule has 3 heterocycles. The molecule has 1 aliphatic rings. The number of carbonyl (C=O) groups excluding carboxylic acids is 2. The summed E-state index contributed by atoms with van der Waals surface area (Å²) in [5.41, 5.74) is 2.70. The molecule has 3 aromatic rings. The van der Waals surface area contributed by atoms with Crippen molar-refractivity contribution in [3.8, 4) is 11.5 Å². The van der Waals surface area contributed by atoms with Crippen molar-refractivity contribution in [3.05, 3.63) is 65.7 Å². The number of pyridine rings is 1. The van der Waals surface area contributed by atoms with E-state index in [0.29, 0.717) is 31.2 Å². The average molecular weight is 404 g/mol. The van der Waals surface area contributed by atoms with E-state index in [9.17, 15) is 9.59 Å². The molecule has 1 amide bonds. The predicted octanol–water partition coefficient (Wildman–Crippen LogP) is 3.42. The Bertz CT molecular complexity index is 1030. The molecule has 0 N–H and O–H groups in total. The van der Waals surface area contributed by atoms with Gasteiger partial charge in [0, 0.05) is 55.7 Å². The number of nitrogens with zero attached hydrogens (tertiary/aromatic N) is 4. The molecular weight excluding hydrogens is 380 g/mol. The lowest BCUT2D eigenvalue weighted by atomic mass is 9.96. The fourth-order valence-electron chi connectivity index (χ4n) is 3.55. The minimum Gasteiger partial charge on any atom is -0.338 e. The van der Waals surface area contributed by atoms with Crippen LogP contribution in [0, 0.1) is 5.92 Å². The van der Waals surface area contributed by atoms with Gasteiger partial charge in [-0.05, 0) is 29.3 Å². The Labute approximate surface area is 175 Å². The first-order chi connectivity index (χ1) is 14.5. The maximum atomic E-state index is 12.8. The summed E-state index contributed by atoms with van der Waals surface area (Å²) in [6, 6.07) is 11.3. The summed E-state index contributed by atoms with van der Waals surface area (Å²) in [6.07, 6.45) is 4.03. The van der Waals surface area contributed by atoms with Crippen molar-refractivity contribution in [1.82, 2.24) is 20.0 Å². The number of carbonyl (C=O) groups is 2. The molecule has 1 aliphatic heterocycles. The van der Waals surface area contributed by atoms with Gasteiger partial charge in [0.15, 0.2) is 5.82 Å². The summed E-state index contributed by atoms with van der Waals surface area (Å²) in [7, 11) is 0. The second kappa shape index (κ2) is 8.57. The zero-order valence-electron chi connectivity index (χ0n) is 17.1. The van der Waals surface area contributed by atoms with Gasteiger partial charge in [0.1, 0.15) is 5.78 Å². The molecule has 2 aromatic heterocycles. The molecular formula is C23H24N4O3. The van der Waals surface area contributed by atoms with Crippen molar-refractivity contribution in [3.63, 3.8) is 0 Å². The van der Waals surface area contributed by atoms with E-state index in [-0.39, 0.29) is 29.9 Å². The van der Waals surface area contributed by atoms with Gasteiger partial charge in [0.2, 0.25) is 5.91 Å². The molecule has 1 aromatic carbocycles. The lowest BCUT2D eigenvalue weighted by molar-refractivity contribution is -0.128. The monoisotopic (exact) mass is 404 g/mol. The van der Waals surface area contributed by atoms with E-state index >= 15 is 0 Å². The van der Waals surface area contributed by atoms with Crippen LogP contribution >= 0.6 is 0 Å². The van der Waals surface area contributed by atoms with Crippen molar-refractivity contribution in [2.45, 2.75) is 39.2 Å². The van der Waals surface area contributed by atoms with Gasteiger partial charge in [-0.25, -0.2) is 0 Å². The average Bonchev–Trinajstić information content (AvgIpc) is 3.37. The quantitative estimate of drug-likeness (QED) is 0.599. The number of benzene rings is 1. The van der Waals surface area contributed by atoms with Gasteiger partial charge in [-0.1, -0.05) is 37.2 Å². The van der Waals surface area contributed by atoms with Crippen molar-refractivity contribution in [2.24, 2.45) is 5.92 Å². The van der Waals surface area contributed by atoms with Crippen LogP contribution in [-0.4, -0.2) is 38.3 Å². The van der Waals surface area contributed by atoms with Gasteiger partial charge < -0.3 is 9.42 Å². The first kappa shape index (κ1) is 19.9. The first-order valence-electron chi connectivity index (χ1n) is 10.1. The number of hydrogen-bond acceptors (Lipinski definition) is 6. The van der Waals surface area contributed by atoms with Crippen LogP contribution in [0.15, 0.2) is 53.3 Å². The highest BCUT2D eigenvalue weighted by Gasteiger charge is 2.33. The number of rotatable bonds is 7. The fraction of sp³-hybridized carbons (Fsp3) is 0.348. The van der Waals surface area contributed by atoms with Crippen molar-refractivity contribution in [2.75, 3.05) is 6.54 Å². The normalized spacial score (nSPS) is 16.4. The summed E-state index contributed by atoms with van der Waals surface area (Å²) >= 11 is 0. The largest absolute Gasteiger partial charge is 0.338 e. The Hall–Kier alpha value is -3.35. The Morgan fingerprint density at radius 1 is 1.20 bits per heavy atom. The second-order valence-corrected chi connectivity index (χ2v) is 7.99. The van der Waals surface area contributed by atoms with Crippen molar-refractivity contribution in [1.29, 1.82) is 0 Å². The lowest BCUT2D eigenvalue weighted by Gasteiger charge is -2.16. The molecule has 0 aliphatic carbocycles. The number of hydrogen-bond donors (Lipinski definition) is 0. The summed E-state index contributed by atoms with van der Waals surface area (Å²) in [4.78, 5) is 35.3. The Kier molecular flexibility index (Phi) is 5.70. The third-order valence-corrected chi connectivity index (χ3v) is 5.30. The Morgan fingerprint density at radius 2 is 2.00 bits per heavy atom. The Morgan fingerprint density at radius 3 is 2.67 bits per heavy atom. The van der Waals surface area contributed by atoms with Crippen LogP contribution < -0.4 is 0 Å². The number of Topliss-reactive ketones (excluding diaryl/α,β-unsaturated/α-hetero) is 1. The van der Waals surface area contributed by atoms with Crippen LogP contribution in [0.1, 0.15) is 43.1 Å². The van der Waals surface area contributed by atoms with E-state index < -0.39 is 0 Å². The standard InChI is InChI=1S/C23H24N4O3/c1-15(2)22-25-23(30-26-22)18-7-5-16(6-8-18)10-20(28)19-11-21(29)27(14-19)13-17-4-3-9-24-12-17/h3-9,12,15,19H,10-11,13-14H2,1-2H3. The third kappa shape index (κ3) is 4.45. The number of amides is 1. The molecule has 7 heteroatoms. The molecule has 1 unspecified atom stereocenters. The van der Waals surface area contributed by atoms with Crippen molar-refractivity contribution < 1.29 is 14.1 Å². The van der Waals surface area contributed by atoms with Gasteiger partial charge >= 0.3 is 0 Å². The SMILES string of the molecule is CC(C)c1noc(-c2ccc(CC(=O)C3CC(=O)N(Cc4cccnc4)C3)cc2)n1. The molecule has 154 valence electrons. The minimum atomic E-state index is -0.265. The molecule has 7 nitrogen and oxygen atoms in total. The summed E-state index contributed by atoms with van der Waals surface area (Å²) < 4.78 is 5.31. The predicted molar refractivity (Wildman–Crippen MR) is 110 cm³/mol. The van der Waals surface area contributed by atoms with Gasteiger partial charge in [-0.2, -0.15) is 4.98 Å². The lowest BCUT2D eigenvalue weighted by Crippen LogP contribution is -2.26. The molecule has 1 fully saturated rings. The van der Waals surface area contributed by atoms with Crippen LogP contribution in [0.4, 0.5) is 0 Å². The summed E-state index contributed by atoms with van der Waals surface area (Å²) in [5.74, 6) is 1.19. The summed E-state index contributed by atoms with van der Waals surface area (Å²) in [6.45, 7) is 4.97. The molecule has 0 spiro atoms. The fourth-order valence-corrected chi connectivity index (χ4v) is 3.55. The van der Waals surface area contributed by atoms with E-state index in [1.54, 1.807) is 17.3 Å². The maximum absolute atomic E-state index is 12.8. The van der Waals surface area contributed by atoms with E-state index in [2.05, 4.69) is 15.1 Å². The molecule has 0 radical (unpaired) electrons. The van der Waals surface area contributed by atoms with E-state index in [0.717, 1.165) is 16.7 Å². The molecule has 1 saturated heterocycles. The molecule has 0 bridgehead atoms. The van der Waals surface area contributed by atoms with E-state index in [1.165, 1.54) is 0 Å². The molecule has 0 saturated carbocycles. The minimum absolute atomic E-state index is 0.0184. The highest BCUT2D eigenvalue weighted by atomic mass is 16.5. The van der Waals surface area contributed by atoms with Gasteiger partial charge in [-0.15, -0.1) is 0 Å². The van der Waals surface area contributed by atoms with Crippen molar-refractivity contribution >= 4 is 11.7 Å². The van der Waals surface area contributed by atoms with Crippen LogP contribution in [0.2, 0.25) is 0 Å². The third-order valence-electron chi connectivity index (χ3n) is 5.30. The van der Waals surface area contributed by atoms with E-state index in [4.69, 9.17) is 4.52 Å². The van der Waals surface area contributed by atoms with Crippen LogP contribution in [0.3, 0.4) is 0 Å². The number of ketones is 1. The maximum Gasteiger partial charge on any atom is 0.257 e. The van der Waals surface area contributed by atoms with Crippen LogP contribution in [-0.2, 0) is 22.6 Å². The highest BCUT2D eigenvalue weighted by Crippen LogP contribution is 2.24. The Balaban J connectivity index is 1.36. The molecule has 1 atom stereocenters. The molecule has 4 rings (SSSR count). The van der Waals surface area contributed by atoms with Crippen LogP contribution in [0.5, 0.6) is 0 Å². The smallest absolute Gasteiger partial charge is 0.257 e. The first-order valence-corrected chi connectivity index (χ1v) is 10.1.